The number of piperazine rings is 1. The van der Waals surface area contributed by atoms with Crippen molar-refractivity contribution in [1.29, 1.82) is 0 Å². The Labute approximate surface area is 197 Å². The number of carbonyl (C=O) groups is 4. The molecule has 0 aromatic heterocycles. The molecule has 0 radical (unpaired) electrons. The van der Waals surface area contributed by atoms with Crippen LogP contribution in [-0.4, -0.2) is 90.7 Å². The quantitative estimate of drug-likeness (QED) is 0.635. The number of likely N-dealkylation sites (N-methyl/N-ethyl adjacent to an activating group) is 1. The molecule has 3 heterocycles. The minimum atomic E-state index is -0.804. The van der Waals surface area contributed by atoms with Crippen molar-refractivity contribution in [3.63, 3.8) is 0 Å². The third-order valence-corrected chi connectivity index (χ3v) is 6.59. The minimum absolute atomic E-state index is 0.0260. The van der Waals surface area contributed by atoms with Crippen LogP contribution in [-0.2, 0) is 9.59 Å². The lowest BCUT2D eigenvalue weighted by Gasteiger charge is -2.38. The lowest BCUT2D eigenvalue weighted by atomic mass is 10.1. The number of ether oxygens (including phenoxy) is 1. The molecule has 176 valence electrons. The molecule has 0 aliphatic carbocycles. The second-order valence-corrected chi connectivity index (χ2v) is 8.76. The van der Waals surface area contributed by atoms with Crippen LogP contribution in [0, 0.1) is 0 Å². The molecule has 9 nitrogen and oxygen atoms in total. The van der Waals surface area contributed by atoms with Gasteiger partial charge in [0.25, 0.3) is 17.7 Å². The van der Waals surface area contributed by atoms with Gasteiger partial charge in [0.2, 0.25) is 5.91 Å². The largest absolute Gasteiger partial charge is 0.476 e. The summed E-state index contributed by atoms with van der Waals surface area (Å²) in [6.07, 6.45) is -0.851. The molecule has 0 spiro atoms. The molecule has 3 aliphatic rings. The van der Waals surface area contributed by atoms with Crippen LogP contribution < -0.4 is 9.64 Å². The number of para-hydroxylation sites is 2. The Hall–Kier alpha value is -3.72. The number of rotatable bonds is 4. The monoisotopic (exact) mass is 462 g/mol. The van der Waals surface area contributed by atoms with Crippen molar-refractivity contribution in [2.75, 3.05) is 51.2 Å². The maximum Gasteiger partial charge on any atom is 0.265 e. The Kier molecular flexibility index (Phi) is 5.79. The smallest absolute Gasteiger partial charge is 0.265 e. The Morgan fingerprint density at radius 3 is 2.21 bits per heavy atom. The maximum absolute atomic E-state index is 13.3. The lowest BCUT2D eigenvalue weighted by molar-refractivity contribution is -0.140. The number of amides is 4. The summed E-state index contributed by atoms with van der Waals surface area (Å²) in [6.45, 7) is 2.87. The molecule has 0 N–H and O–H groups in total. The normalized spacial score (nSPS) is 20.1. The minimum Gasteiger partial charge on any atom is -0.476 e. The van der Waals surface area contributed by atoms with Gasteiger partial charge < -0.3 is 19.4 Å². The molecule has 4 amide bonds. The molecule has 2 aromatic carbocycles. The zero-order valence-electron chi connectivity index (χ0n) is 19.0. The zero-order valence-corrected chi connectivity index (χ0v) is 19.0. The zero-order chi connectivity index (χ0) is 23.8. The van der Waals surface area contributed by atoms with E-state index in [2.05, 4.69) is 4.90 Å². The Bertz CT molecular complexity index is 1120. The van der Waals surface area contributed by atoms with Crippen LogP contribution in [0.25, 0.3) is 0 Å². The van der Waals surface area contributed by atoms with E-state index in [0.717, 1.165) is 18.0 Å². The predicted octanol–water partition coefficient (Wildman–Crippen LogP) is 1.24. The summed E-state index contributed by atoms with van der Waals surface area (Å²) in [5.41, 5.74) is 1.29. The van der Waals surface area contributed by atoms with Gasteiger partial charge in [0.15, 0.2) is 6.10 Å². The third-order valence-electron chi connectivity index (χ3n) is 6.59. The number of imide groups is 1. The molecule has 34 heavy (non-hydrogen) atoms. The van der Waals surface area contributed by atoms with Gasteiger partial charge in [0.05, 0.1) is 23.4 Å². The highest BCUT2D eigenvalue weighted by molar-refractivity contribution is 6.21. The molecule has 1 unspecified atom stereocenters. The van der Waals surface area contributed by atoms with E-state index in [9.17, 15) is 19.2 Å². The molecule has 5 rings (SSSR count). The third kappa shape index (κ3) is 3.92. The van der Waals surface area contributed by atoms with Crippen molar-refractivity contribution in [3.05, 3.63) is 59.7 Å². The molecule has 1 saturated heterocycles. The molecule has 2 aromatic rings. The fraction of sp³-hybridized carbons (Fsp3) is 0.360. The first kappa shape index (κ1) is 22.1. The molecule has 0 saturated carbocycles. The molecule has 9 heteroatoms. The van der Waals surface area contributed by atoms with Crippen LogP contribution >= 0.6 is 0 Å². The second kappa shape index (κ2) is 8.90. The van der Waals surface area contributed by atoms with E-state index in [0.29, 0.717) is 35.7 Å². The van der Waals surface area contributed by atoms with Crippen molar-refractivity contribution in [2.24, 2.45) is 0 Å². The van der Waals surface area contributed by atoms with Gasteiger partial charge in [0, 0.05) is 39.1 Å². The summed E-state index contributed by atoms with van der Waals surface area (Å²) in [6, 6.07) is 13.8. The van der Waals surface area contributed by atoms with Crippen LogP contribution in [0.4, 0.5) is 5.69 Å². The van der Waals surface area contributed by atoms with Crippen molar-refractivity contribution in [3.8, 4) is 5.75 Å². The lowest BCUT2D eigenvalue weighted by Crippen LogP contribution is -2.56. The maximum atomic E-state index is 13.3. The Morgan fingerprint density at radius 1 is 0.912 bits per heavy atom. The SMILES string of the molecule is CN1CCN(C(=O)C2CN(C(=O)CCN3C(=O)c4ccccc4C3=O)c3ccccc3O2)CC1. The van der Waals surface area contributed by atoms with Crippen LogP contribution in [0.1, 0.15) is 27.1 Å². The molecule has 1 atom stereocenters. The predicted molar refractivity (Wildman–Crippen MR) is 124 cm³/mol. The summed E-state index contributed by atoms with van der Waals surface area (Å²) in [4.78, 5) is 58.3. The van der Waals surface area contributed by atoms with Crippen LogP contribution in [0.2, 0.25) is 0 Å². The van der Waals surface area contributed by atoms with Crippen molar-refractivity contribution < 1.29 is 23.9 Å². The number of benzene rings is 2. The standard InChI is InChI=1S/C25H26N4O5/c1-26-12-14-27(15-13-26)25(33)21-16-29(19-8-4-5-9-20(19)34-21)22(30)10-11-28-23(31)17-6-2-3-7-18(17)24(28)32/h2-9,21H,10-16H2,1H3. The van der Waals surface area contributed by atoms with E-state index in [1.165, 1.54) is 4.90 Å². The van der Waals surface area contributed by atoms with E-state index >= 15 is 0 Å². The van der Waals surface area contributed by atoms with E-state index in [1.54, 1.807) is 53.4 Å². The fourth-order valence-corrected chi connectivity index (χ4v) is 4.61. The Morgan fingerprint density at radius 2 is 1.53 bits per heavy atom. The summed E-state index contributed by atoms with van der Waals surface area (Å²) >= 11 is 0. The number of hydrogen-bond donors (Lipinski definition) is 0. The van der Waals surface area contributed by atoms with E-state index in [1.807, 2.05) is 7.05 Å². The van der Waals surface area contributed by atoms with Crippen molar-refractivity contribution >= 4 is 29.3 Å². The van der Waals surface area contributed by atoms with Gasteiger partial charge in [0.1, 0.15) is 5.75 Å². The molecular formula is C25H26N4O5. The van der Waals surface area contributed by atoms with Crippen molar-refractivity contribution in [2.45, 2.75) is 12.5 Å². The molecule has 0 bridgehead atoms. The van der Waals surface area contributed by atoms with Crippen LogP contribution in [0.3, 0.4) is 0 Å². The summed E-state index contributed by atoms with van der Waals surface area (Å²) in [5.74, 6) is -0.725. The highest BCUT2D eigenvalue weighted by Crippen LogP contribution is 2.34. The average molecular weight is 463 g/mol. The first-order valence-corrected chi connectivity index (χ1v) is 11.4. The van der Waals surface area contributed by atoms with Crippen LogP contribution in [0.15, 0.2) is 48.5 Å². The van der Waals surface area contributed by atoms with Gasteiger partial charge in [-0.2, -0.15) is 0 Å². The van der Waals surface area contributed by atoms with Crippen LogP contribution in [0.5, 0.6) is 5.75 Å². The first-order valence-electron chi connectivity index (χ1n) is 11.4. The number of anilines is 1. The average Bonchev–Trinajstić information content (AvgIpc) is 3.11. The first-order chi connectivity index (χ1) is 16.4. The van der Waals surface area contributed by atoms with E-state index in [4.69, 9.17) is 4.74 Å². The summed E-state index contributed by atoms with van der Waals surface area (Å²) < 4.78 is 5.99. The van der Waals surface area contributed by atoms with E-state index in [-0.39, 0.29) is 43.1 Å². The van der Waals surface area contributed by atoms with Gasteiger partial charge in [-0.1, -0.05) is 24.3 Å². The fourth-order valence-electron chi connectivity index (χ4n) is 4.61. The number of nitrogens with zero attached hydrogens (tertiary/aromatic N) is 4. The highest BCUT2D eigenvalue weighted by atomic mass is 16.5. The number of carbonyl (C=O) groups excluding carboxylic acids is 4. The van der Waals surface area contributed by atoms with Gasteiger partial charge >= 0.3 is 0 Å². The summed E-state index contributed by atoms with van der Waals surface area (Å²) in [7, 11) is 2.02. The van der Waals surface area contributed by atoms with E-state index < -0.39 is 6.10 Å². The van der Waals surface area contributed by atoms with Gasteiger partial charge in [-0.25, -0.2) is 0 Å². The molecule has 3 aliphatic heterocycles. The highest BCUT2D eigenvalue weighted by Gasteiger charge is 2.38. The number of hydrogen-bond acceptors (Lipinski definition) is 6. The second-order valence-electron chi connectivity index (χ2n) is 8.76. The molecule has 1 fully saturated rings. The van der Waals surface area contributed by atoms with Gasteiger partial charge in [-0.15, -0.1) is 0 Å². The van der Waals surface area contributed by atoms with Gasteiger partial charge in [-0.05, 0) is 31.3 Å². The summed E-state index contributed by atoms with van der Waals surface area (Å²) in [5, 5.41) is 0. The molecular weight excluding hydrogens is 436 g/mol. The number of fused-ring (bicyclic) bond motifs is 2. The topological polar surface area (TPSA) is 90.5 Å². The van der Waals surface area contributed by atoms with Gasteiger partial charge in [-0.3, -0.25) is 24.1 Å². The van der Waals surface area contributed by atoms with Crippen molar-refractivity contribution in [1.82, 2.24) is 14.7 Å². The Balaban J connectivity index is 1.30.